The Morgan fingerprint density at radius 2 is 2.75 bits per heavy atom. The van der Waals surface area contributed by atoms with Gasteiger partial charge in [-0.05, 0) is 13.0 Å². The highest BCUT2D eigenvalue weighted by molar-refractivity contribution is 7.09. The van der Waals surface area contributed by atoms with Crippen LogP contribution in [-0.2, 0) is 11.3 Å². The van der Waals surface area contributed by atoms with Crippen LogP contribution in [0, 0.1) is 0 Å². The lowest BCUT2D eigenvalue weighted by atomic mass is 10.3. The van der Waals surface area contributed by atoms with Crippen molar-refractivity contribution in [2.45, 2.75) is 19.1 Å². The summed E-state index contributed by atoms with van der Waals surface area (Å²) in [7, 11) is 0. The van der Waals surface area contributed by atoms with E-state index in [0.29, 0.717) is 6.10 Å². The van der Waals surface area contributed by atoms with E-state index in [1.54, 1.807) is 11.3 Å². The van der Waals surface area contributed by atoms with Crippen molar-refractivity contribution < 1.29 is 4.74 Å². The molecule has 1 aromatic rings. The van der Waals surface area contributed by atoms with E-state index < -0.39 is 0 Å². The molecule has 0 bridgehead atoms. The van der Waals surface area contributed by atoms with Crippen LogP contribution in [-0.4, -0.2) is 24.2 Å². The smallest absolute Gasteiger partial charge is 0.0829 e. The van der Waals surface area contributed by atoms with Crippen molar-refractivity contribution in [2.24, 2.45) is 0 Å². The molecule has 12 heavy (non-hydrogen) atoms. The third-order valence-corrected chi connectivity index (χ3v) is 2.71. The third kappa shape index (κ3) is 2.03. The first kappa shape index (κ1) is 8.16. The third-order valence-electron chi connectivity index (χ3n) is 1.96. The molecule has 1 aliphatic heterocycles. The van der Waals surface area contributed by atoms with Gasteiger partial charge in [-0.3, -0.25) is 4.98 Å². The van der Waals surface area contributed by atoms with Crippen molar-refractivity contribution in [3.8, 4) is 0 Å². The zero-order chi connectivity index (χ0) is 8.23. The molecule has 2 heterocycles. The van der Waals surface area contributed by atoms with Gasteiger partial charge >= 0.3 is 0 Å². The van der Waals surface area contributed by atoms with Crippen LogP contribution >= 0.6 is 11.3 Å². The molecule has 1 N–H and O–H groups in total. The van der Waals surface area contributed by atoms with Gasteiger partial charge in [0.2, 0.25) is 0 Å². The fraction of sp³-hybridized carbons (Fsp3) is 0.625. The molecule has 1 fully saturated rings. The topological polar surface area (TPSA) is 34.1 Å². The summed E-state index contributed by atoms with van der Waals surface area (Å²) in [5, 5.41) is 3.27. The van der Waals surface area contributed by atoms with Gasteiger partial charge in [-0.25, -0.2) is 0 Å². The molecule has 0 radical (unpaired) electrons. The minimum atomic E-state index is 0.409. The monoisotopic (exact) mass is 184 g/mol. The van der Waals surface area contributed by atoms with Crippen LogP contribution in [0.15, 0.2) is 11.7 Å². The minimum Gasteiger partial charge on any atom is -0.371 e. The first-order valence-corrected chi connectivity index (χ1v) is 5.03. The normalized spacial score (nSPS) is 23.2. The van der Waals surface area contributed by atoms with Gasteiger partial charge in [0.15, 0.2) is 0 Å². The molecule has 1 aliphatic rings. The van der Waals surface area contributed by atoms with Gasteiger partial charge in [-0.1, -0.05) is 0 Å². The van der Waals surface area contributed by atoms with Crippen LogP contribution in [0.25, 0.3) is 0 Å². The minimum absolute atomic E-state index is 0.409. The molecule has 1 atom stereocenters. The lowest BCUT2D eigenvalue weighted by Gasteiger charge is -2.07. The Kier molecular flexibility index (Phi) is 2.71. The second kappa shape index (κ2) is 3.98. The van der Waals surface area contributed by atoms with E-state index in [2.05, 4.69) is 10.3 Å². The van der Waals surface area contributed by atoms with Crippen LogP contribution in [0.1, 0.15) is 11.3 Å². The molecule has 0 unspecified atom stereocenters. The highest BCUT2D eigenvalue weighted by Gasteiger charge is 2.14. The molecular formula is C8H12N2OS. The largest absolute Gasteiger partial charge is 0.371 e. The average molecular weight is 184 g/mol. The molecule has 1 aromatic heterocycles. The van der Waals surface area contributed by atoms with E-state index in [-0.39, 0.29) is 0 Å². The number of nitrogens with zero attached hydrogens (tertiary/aromatic N) is 1. The summed E-state index contributed by atoms with van der Waals surface area (Å²) in [5.74, 6) is 0. The van der Waals surface area contributed by atoms with Crippen molar-refractivity contribution in [3.63, 3.8) is 0 Å². The Labute approximate surface area is 75.8 Å². The van der Waals surface area contributed by atoms with E-state index >= 15 is 0 Å². The number of nitrogens with one attached hydrogen (secondary N) is 1. The van der Waals surface area contributed by atoms with Gasteiger partial charge in [-0.2, -0.15) is 0 Å². The summed E-state index contributed by atoms with van der Waals surface area (Å²) >= 11 is 1.65. The fourth-order valence-electron chi connectivity index (χ4n) is 1.28. The molecule has 3 nitrogen and oxygen atoms in total. The Balaban J connectivity index is 1.74. The van der Waals surface area contributed by atoms with Crippen LogP contribution in [0.3, 0.4) is 0 Å². The predicted molar refractivity (Wildman–Crippen MR) is 48.2 cm³/mol. The summed E-state index contributed by atoms with van der Waals surface area (Å²) in [5.41, 5.74) is 1.84. The number of aromatic nitrogens is 1. The highest BCUT2D eigenvalue weighted by atomic mass is 32.1. The molecule has 0 spiro atoms. The summed E-state index contributed by atoms with van der Waals surface area (Å²) in [4.78, 5) is 5.20. The number of hydrogen-bond donors (Lipinski definition) is 1. The maximum Gasteiger partial charge on any atom is 0.0829 e. The Morgan fingerprint density at radius 1 is 1.75 bits per heavy atom. The Bertz CT molecular complexity index is 219. The molecule has 0 amide bonds. The first-order valence-electron chi connectivity index (χ1n) is 4.15. The molecule has 0 aliphatic carbocycles. The van der Waals surface area contributed by atoms with Crippen LogP contribution in [0.4, 0.5) is 0 Å². The highest BCUT2D eigenvalue weighted by Crippen LogP contribution is 2.11. The SMILES string of the molecule is c1ncc(CO[C@@H]2CCNC2)s1. The quantitative estimate of drug-likeness (QED) is 0.761. The molecule has 0 aromatic carbocycles. The zero-order valence-corrected chi connectivity index (χ0v) is 7.64. The molecule has 4 heteroatoms. The number of ether oxygens (including phenoxy) is 1. The van der Waals surface area contributed by atoms with Gasteiger partial charge in [0, 0.05) is 12.7 Å². The van der Waals surface area contributed by atoms with Crippen molar-refractivity contribution in [1.82, 2.24) is 10.3 Å². The molecule has 66 valence electrons. The molecule has 2 rings (SSSR count). The fourth-order valence-corrected chi connectivity index (χ4v) is 1.80. The average Bonchev–Trinajstić information content (AvgIpc) is 2.74. The van der Waals surface area contributed by atoms with Gasteiger partial charge in [0.25, 0.3) is 0 Å². The lowest BCUT2D eigenvalue weighted by Crippen LogP contribution is -2.16. The number of thiazole rings is 1. The number of rotatable bonds is 3. The standard InChI is InChI=1S/C8H12N2OS/c1-2-9-3-7(1)11-5-8-4-10-6-12-8/h4,6-7,9H,1-3,5H2/t7-/m1/s1. The predicted octanol–water partition coefficient (Wildman–Crippen LogP) is 1.02. The maximum absolute atomic E-state index is 5.66. The summed E-state index contributed by atoms with van der Waals surface area (Å²) in [6.45, 7) is 2.81. The number of hydrogen-bond acceptors (Lipinski definition) is 4. The van der Waals surface area contributed by atoms with Crippen LogP contribution in [0.2, 0.25) is 0 Å². The molecule has 0 saturated carbocycles. The van der Waals surface area contributed by atoms with Gasteiger partial charge in [0.05, 0.1) is 23.1 Å². The molecule has 1 saturated heterocycles. The van der Waals surface area contributed by atoms with Crippen LogP contribution < -0.4 is 5.32 Å². The van der Waals surface area contributed by atoms with Crippen molar-refractivity contribution in [1.29, 1.82) is 0 Å². The van der Waals surface area contributed by atoms with Gasteiger partial charge in [0.1, 0.15) is 0 Å². The zero-order valence-electron chi connectivity index (χ0n) is 6.82. The summed E-state index contributed by atoms with van der Waals surface area (Å²) < 4.78 is 5.66. The van der Waals surface area contributed by atoms with Crippen molar-refractivity contribution >= 4 is 11.3 Å². The van der Waals surface area contributed by atoms with Gasteiger partial charge in [-0.15, -0.1) is 11.3 Å². The van der Waals surface area contributed by atoms with E-state index in [1.165, 1.54) is 4.88 Å². The van der Waals surface area contributed by atoms with E-state index in [4.69, 9.17) is 4.74 Å². The van der Waals surface area contributed by atoms with Crippen molar-refractivity contribution in [3.05, 3.63) is 16.6 Å². The second-order valence-corrected chi connectivity index (χ2v) is 3.86. The van der Waals surface area contributed by atoms with E-state index in [9.17, 15) is 0 Å². The van der Waals surface area contributed by atoms with E-state index in [1.807, 2.05) is 11.7 Å². The lowest BCUT2D eigenvalue weighted by molar-refractivity contribution is 0.0558. The summed E-state index contributed by atoms with van der Waals surface area (Å²) in [6, 6.07) is 0. The van der Waals surface area contributed by atoms with Crippen LogP contribution in [0.5, 0.6) is 0 Å². The Hall–Kier alpha value is -0.450. The van der Waals surface area contributed by atoms with E-state index in [0.717, 1.165) is 26.1 Å². The van der Waals surface area contributed by atoms with Crippen molar-refractivity contribution in [2.75, 3.05) is 13.1 Å². The first-order chi connectivity index (χ1) is 5.95. The maximum atomic E-state index is 5.66. The Morgan fingerprint density at radius 3 is 3.42 bits per heavy atom. The van der Waals surface area contributed by atoms with Gasteiger partial charge < -0.3 is 10.1 Å². The second-order valence-electron chi connectivity index (χ2n) is 2.89. The summed E-state index contributed by atoms with van der Waals surface area (Å²) in [6.07, 6.45) is 3.42. The molecular weight excluding hydrogens is 172 g/mol.